The number of aliphatic carboxylic acids is 1. The summed E-state index contributed by atoms with van der Waals surface area (Å²) in [5.74, 6) is -0.0985. The van der Waals surface area contributed by atoms with Crippen molar-refractivity contribution in [2.24, 2.45) is 5.16 Å². The Hall–Kier alpha value is -3.12. The van der Waals surface area contributed by atoms with E-state index in [1.807, 2.05) is 55.5 Å². The van der Waals surface area contributed by atoms with Gasteiger partial charge in [0.05, 0.1) is 7.11 Å². The number of carboxylic acid groups (broad SMARTS) is 1. The van der Waals surface area contributed by atoms with Crippen LogP contribution in [0.2, 0.25) is 0 Å². The van der Waals surface area contributed by atoms with Crippen molar-refractivity contribution in [3.05, 3.63) is 76.9 Å². The lowest BCUT2D eigenvalue weighted by molar-refractivity contribution is -0.133. The van der Waals surface area contributed by atoms with Crippen LogP contribution in [0.1, 0.15) is 23.1 Å². The second kappa shape index (κ2) is 9.89. The molecule has 0 unspecified atom stereocenters. The molecule has 0 saturated heterocycles. The number of benzene rings is 2. The molecule has 3 rings (SSSR count). The smallest absolute Gasteiger partial charge is 0.332 e. The highest BCUT2D eigenvalue weighted by Gasteiger charge is 2.17. The van der Waals surface area contributed by atoms with Crippen LogP contribution in [0.25, 0.3) is 0 Å². The zero-order valence-corrected chi connectivity index (χ0v) is 16.8. The van der Waals surface area contributed by atoms with Gasteiger partial charge in [-0.15, -0.1) is 0 Å². The molecule has 0 bridgehead atoms. The minimum absolute atomic E-state index is 0.381. The molecule has 152 valence electrons. The molecule has 0 atom stereocenters. The van der Waals surface area contributed by atoms with Gasteiger partial charge in [0.25, 0.3) is 0 Å². The van der Waals surface area contributed by atoms with Gasteiger partial charge >= 0.3 is 5.97 Å². The molecule has 1 aliphatic heterocycles. The molecule has 29 heavy (non-hydrogen) atoms. The molecule has 0 radical (unpaired) electrons. The van der Waals surface area contributed by atoms with E-state index in [4.69, 9.17) is 14.7 Å². The van der Waals surface area contributed by atoms with Crippen LogP contribution >= 0.6 is 0 Å². The van der Waals surface area contributed by atoms with E-state index in [9.17, 15) is 4.79 Å². The molecule has 2 aromatic carbocycles. The SMILES string of the molecule is COc1cccc(/C(=N\OCCN2CCC=C(C(=O)O)C2)c2ccccc2C)c1. The lowest BCUT2D eigenvalue weighted by atomic mass is 9.98. The molecule has 0 aliphatic carbocycles. The van der Waals surface area contributed by atoms with E-state index in [1.165, 1.54) is 0 Å². The van der Waals surface area contributed by atoms with Crippen molar-refractivity contribution in [2.75, 3.05) is 33.4 Å². The first-order valence-corrected chi connectivity index (χ1v) is 9.63. The lowest BCUT2D eigenvalue weighted by Crippen LogP contribution is -2.34. The lowest BCUT2D eigenvalue weighted by Gasteiger charge is -2.24. The summed E-state index contributed by atoms with van der Waals surface area (Å²) >= 11 is 0. The molecule has 0 aromatic heterocycles. The number of hydrogen-bond acceptors (Lipinski definition) is 5. The topological polar surface area (TPSA) is 71.4 Å². The first kappa shape index (κ1) is 20.6. The number of methoxy groups -OCH3 is 1. The van der Waals surface area contributed by atoms with E-state index in [0.717, 1.165) is 41.1 Å². The summed E-state index contributed by atoms with van der Waals surface area (Å²) in [6.07, 6.45) is 2.53. The maximum absolute atomic E-state index is 11.2. The Morgan fingerprint density at radius 1 is 1.21 bits per heavy atom. The van der Waals surface area contributed by atoms with Crippen molar-refractivity contribution in [1.82, 2.24) is 4.90 Å². The maximum atomic E-state index is 11.2. The van der Waals surface area contributed by atoms with Crippen molar-refractivity contribution >= 4 is 11.7 Å². The van der Waals surface area contributed by atoms with Crippen LogP contribution in [0.4, 0.5) is 0 Å². The quantitative estimate of drug-likeness (QED) is 0.422. The Morgan fingerprint density at radius 3 is 2.79 bits per heavy atom. The third-order valence-electron chi connectivity index (χ3n) is 4.90. The minimum Gasteiger partial charge on any atom is -0.497 e. The molecule has 0 fully saturated rings. The first-order valence-electron chi connectivity index (χ1n) is 9.63. The summed E-state index contributed by atoms with van der Waals surface area (Å²) in [5.41, 5.74) is 4.19. The van der Waals surface area contributed by atoms with Gasteiger partial charge in [0.1, 0.15) is 18.1 Å². The second-order valence-corrected chi connectivity index (χ2v) is 6.92. The fourth-order valence-corrected chi connectivity index (χ4v) is 3.30. The van der Waals surface area contributed by atoms with E-state index in [2.05, 4.69) is 10.1 Å². The zero-order chi connectivity index (χ0) is 20.6. The van der Waals surface area contributed by atoms with E-state index < -0.39 is 5.97 Å². The van der Waals surface area contributed by atoms with Gasteiger partial charge in [0, 0.05) is 36.3 Å². The molecule has 1 N–H and O–H groups in total. The van der Waals surface area contributed by atoms with Crippen molar-refractivity contribution in [2.45, 2.75) is 13.3 Å². The number of carboxylic acids is 1. The van der Waals surface area contributed by atoms with Crippen LogP contribution in [0.5, 0.6) is 5.75 Å². The van der Waals surface area contributed by atoms with Crippen molar-refractivity contribution in [1.29, 1.82) is 0 Å². The molecular weight excluding hydrogens is 368 g/mol. The van der Waals surface area contributed by atoms with Crippen molar-refractivity contribution in [3.8, 4) is 5.75 Å². The summed E-state index contributed by atoms with van der Waals surface area (Å²) in [6, 6.07) is 15.8. The number of nitrogens with zero attached hydrogens (tertiary/aromatic N) is 2. The van der Waals surface area contributed by atoms with E-state index in [0.29, 0.717) is 25.3 Å². The van der Waals surface area contributed by atoms with Gasteiger partial charge in [0.2, 0.25) is 0 Å². The van der Waals surface area contributed by atoms with Crippen LogP contribution in [0, 0.1) is 6.92 Å². The molecule has 6 heteroatoms. The summed E-state index contributed by atoms with van der Waals surface area (Å²) in [7, 11) is 1.64. The maximum Gasteiger partial charge on any atom is 0.332 e. The predicted molar refractivity (Wildman–Crippen MR) is 113 cm³/mol. The monoisotopic (exact) mass is 394 g/mol. The summed E-state index contributed by atoms with van der Waals surface area (Å²) in [4.78, 5) is 18.9. The number of oxime groups is 1. The van der Waals surface area contributed by atoms with Crippen LogP contribution in [-0.4, -0.2) is 55.0 Å². The van der Waals surface area contributed by atoms with Crippen LogP contribution in [0.15, 0.2) is 65.3 Å². The minimum atomic E-state index is -0.853. The number of hydrogen-bond donors (Lipinski definition) is 1. The zero-order valence-electron chi connectivity index (χ0n) is 16.8. The summed E-state index contributed by atoms with van der Waals surface area (Å²) in [5, 5.41) is 13.6. The number of rotatable bonds is 8. The highest BCUT2D eigenvalue weighted by atomic mass is 16.6. The fraction of sp³-hybridized carbons (Fsp3) is 0.304. The number of aryl methyl sites for hydroxylation is 1. The Kier molecular flexibility index (Phi) is 7.03. The molecule has 0 saturated carbocycles. The Labute approximate surface area is 171 Å². The predicted octanol–water partition coefficient (Wildman–Crippen LogP) is 3.49. The molecule has 1 heterocycles. The van der Waals surface area contributed by atoms with Gasteiger partial charge in [-0.05, 0) is 31.0 Å². The van der Waals surface area contributed by atoms with E-state index >= 15 is 0 Å². The number of carbonyl (C=O) groups is 1. The summed E-state index contributed by atoms with van der Waals surface area (Å²) < 4.78 is 5.35. The summed E-state index contributed by atoms with van der Waals surface area (Å²) in [6.45, 7) is 4.30. The normalized spacial score (nSPS) is 15.0. The Morgan fingerprint density at radius 2 is 2.03 bits per heavy atom. The standard InChI is InChI=1S/C23H26N2O4/c1-17-7-3-4-11-21(17)22(18-8-5-10-20(15-18)28-2)24-29-14-13-25-12-6-9-19(16-25)23(26)27/h3-5,7-11,15H,6,12-14,16H2,1-2H3,(H,26,27)/b24-22+. The fourth-order valence-electron chi connectivity index (χ4n) is 3.30. The molecule has 1 aliphatic rings. The second-order valence-electron chi connectivity index (χ2n) is 6.92. The van der Waals surface area contributed by atoms with Crippen LogP contribution in [0.3, 0.4) is 0 Å². The van der Waals surface area contributed by atoms with Gasteiger partial charge < -0.3 is 14.7 Å². The largest absolute Gasteiger partial charge is 0.497 e. The molecule has 6 nitrogen and oxygen atoms in total. The third-order valence-corrected chi connectivity index (χ3v) is 4.90. The van der Waals surface area contributed by atoms with Gasteiger partial charge in [-0.2, -0.15) is 0 Å². The third kappa shape index (κ3) is 5.45. The van der Waals surface area contributed by atoms with Crippen LogP contribution < -0.4 is 4.74 Å². The number of ether oxygens (including phenoxy) is 1. The molecule has 0 spiro atoms. The van der Waals surface area contributed by atoms with E-state index in [-0.39, 0.29) is 0 Å². The highest BCUT2D eigenvalue weighted by Crippen LogP contribution is 2.19. The first-order chi connectivity index (χ1) is 14.1. The van der Waals surface area contributed by atoms with Gasteiger partial charge in [-0.25, -0.2) is 4.79 Å². The highest BCUT2D eigenvalue weighted by molar-refractivity contribution is 6.13. The molecule has 2 aromatic rings. The average Bonchev–Trinajstić information content (AvgIpc) is 2.75. The van der Waals surface area contributed by atoms with Gasteiger partial charge in [-0.3, -0.25) is 4.90 Å². The van der Waals surface area contributed by atoms with Gasteiger partial charge in [0.15, 0.2) is 0 Å². The molecular formula is C23H26N2O4. The Balaban J connectivity index is 1.73. The van der Waals surface area contributed by atoms with E-state index in [1.54, 1.807) is 13.2 Å². The van der Waals surface area contributed by atoms with Crippen LogP contribution in [-0.2, 0) is 9.63 Å². The Bertz CT molecular complexity index is 921. The van der Waals surface area contributed by atoms with Crippen molar-refractivity contribution < 1.29 is 19.5 Å². The van der Waals surface area contributed by atoms with Gasteiger partial charge in [-0.1, -0.05) is 47.6 Å². The molecule has 0 amide bonds. The van der Waals surface area contributed by atoms with Crippen molar-refractivity contribution in [3.63, 3.8) is 0 Å². The average molecular weight is 394 g/mol.